The third-order valence-corrected chi connectivity index (χ3v) is 4.19. The van der Waals surface area contributed by atoms with Crippen molar-refractivity contribution in [2.75, 3.05) is 5.73 Å². The molecule has 0 aliphatic carbocycles. The van der Waals surface area contributed by atoms with Gasteiger partial charge in [0.2, 0.25) is 0 Å². The zero-order valence-electron chi connectivity index (χ0n) is 10.5. The zero-order chi connectivity index (χ0) is 13.8. The van der Waals surface area contributed by atoms with E-state index in [9.17, 15) is 0 Å². The van der Waals surface area contributed by atoms with Gasteiger partial charge in [0.1, 0.15) is 0 Å². The Labute approximate surface area is 122 Å². The lowest BCUT2D eigenvalue weighted by atomic mass is 10.1. The van der Waals surface area contributed by atoms with E-state index in [1.807, 2.05) is 37.3 Å². The molecule has 0 heterocycles. The van der Waals surface area contributed by atoms with Gasteiger partial charge < -0.3 is 5.73 Å². The first-order chi connectivity index (χ1) is 9.10. The number of anilines is 1. The molecule has 4 heteroatoms. The van der Waals surface area contributed by atoms with E-state index in [0.29, 0.717) is 10.6 Å². The van der Waals surface area contributed by atoms with Crippen LogP contribution in [0.2, 0.25) is 5.02 Å². The normalized spacial score (nSPS) is 10.2. The SMILES string of the molecule is Cc1cc(C#N)ccc1CSc1cc(Cl)ccc1N. The molecule has 0 spiro atoms. The molecule has 2 nitrogen and oxygen atoms in total. The largest absolute Gasteiger partial charge is 0.398 e. The number of halogens is 1. The van der Waals surface area contributed by atoms with E-state index in [1.165, 1.54) is 5.56 Å². The maximum atomic E-state index is 8.84. The standard InChI is InChI=1S/C15H13ClN2S/c1-10-6-11(8-17)2-3-12(10)9-19-15-7-13(16)4-5-14(15)18/h2-7H,9,18H2,1H3. The van der Waals surface area contributed by atoms with Crippen LogP contribution in [-0.4, -0.2) is 0 Å². The molecule has 0 aromatic heterocycles. The number of nitrogens with two attached hydrogens (primary N) is 1. The molecule has 2 N–H and O–H groups in total. The first-order valence-corrected chi connectivity index (χ1v) is 7.14. The Kier molecular flexibility index (Phi) is 4.36. The maximum absolute atomic E-state index is 8.84. The highest BCUT2D eigenvalue weighted by Crippen LogP contribution is 2.31. The van der Waals surface area contributed by atoms with E-state index in [-0.39, 0.29) is 0 Å². The molecular formula is C15H13ClN2S. The lowest BCUT2D eigenvalue weighted by Gasteiger charge is -2.08. The first kappa shape index (κ1) is 13.8. The Balaban J connectivity index is 2.15. The summed E-state index contributed by atoms with van der Waals surface area (Å²) in [5.41, 5.74) is 9.66. The van der Waals surface area contributed by atoms with E-state index < -0.39 is 0 Å². The average molecular weight is 289 g/mol. The molecule has 96 valence electrons. The Morgan fingerprint density at radius 1 is 1.26 bits per heavy atom. The molecule has 0 aliphatic heterocycles. The number of benzene rings is 2. The van der Waals surface area contributed by atoms with Crippen molar-refractivity contribution in [3.05, 3.63) is 58.1 Å². The monoisotopic (exact) mass is 288 g/mol. The average Bonchev–Trinajstić information content (AvgIpc) is 2.40. The summed E-state index contributed by atoms with van der Waals surface area (Å²) in [7, 11) is 0. The van der Waals surface area contributed by atoms with Crippen LogP contribution in [0.4, 0.5) is 5.69 Å². The lowest BCUT2D eigenvalue weighted by Crippen LogP contribution is -1.91. The molecule has 0 radical (unpaired) electrons. The van der Waals surface area contributed by atoms with Gasteiger partial charge in [-0.2, -0.15) is 5.26 Å². The van der Waals surface area contributed by atoms with E-state index in [1.54, 1.807) is 17.8 Å². The zero-order valence-corrected chi connectivity index (χ0v) is 12.1. The molecule has 0 aliphatic rings. The Hall–Kier alpha value is -1.63. The topological polar surface area (TPSA) is 49.8 Å². The van der Waals surface area contributed by atoms with Crippen LogP contribution in [0.3, 0.4) is 0 Å². The van der Waals surface area contributed by atoms with E-state index >= 15 is 0 Å². The minimum atomic E-state index is 0.688. The number of rotatable bonds is 3. The molecule has 0 unspecified atom stereocenters. The highest BCUT2D eigenvalue weighted by Gasteiger charge is 2.04. The van der Waals surface area contributed by atoms with Crippen molar-refractivity contribution < 1.29 is 0 Å². The molecule has 0 amide bonds. The molecule has 0 bridgehead atoms. The van der Waals surface area contributed by atoms with Gasteiger partial charge in [-0.1, -0.05) is 17.7 Å². The summed E-state index contributed by atoms with van der Waals surface area (Å²) >= 11 is 7.61. The molecule has 2 aromatic rings. The van der Waals surface area contributed by atoms with Gasteiger partial charge in [0.05, 0.1) is 11.6 Å². The maximum Gasteiger partial charge on any atom is 0.0991 e. The summed E-state index contributed by atoms with van der Waals surface area (Å²) in [6.07, 6.45) is 0. The molecule has 2 aromatic carbocycles. The molecule has 0 fully saturated rings. The second kappa shape index (κ2) is 6.01. The van der Waals surface area contributed by atoms with Crippen LogP contribution in [0.25, 0.3) is 0 Å². The number of nitrogens with zero attached hydrogens (tertiary/aromatic N) is 1. The van der Waals surface area contributed by atoms with Gasteiger partial charge in [-0.15, -0.1) is 11.8 Å². The van der Waals surface area contributed by atoms with Crippen molar-refractivity contribution in [1.29, 1.82) is 5.26 Å². The molecule has 0 saturated heterocycles. The molecular weight excluding hydrogens is 276 g/mol. The second-order valence-corrected chi connectivity index (χ2v) is 5.68. The van der Waals surface area contributed by atoms with Crippen molar-refractivity contribution in [2.24, 2.45) is 0 Å². The fourth-order valence-corrected chi connectivity index (χ4v) is 3.03. The fourth-order valence-electron chi connectivity index (χ4n) is 1.72. The Morgan fingerprint density at radius 2 is 2.05 bits per heavy atom. The van der Waals surface area contributed by atoms with Crippen LogP contribution in [0.15, 0.2) is 41.3 Å². The fraction of sp³-hybridized carbons (Fsp3) is 0.133. The minimum Gasteiger partial charge on any atom is -0.398 e. The number of nitriles is 1. The highest BCUT2D eigenvalue weighted by molar-refractivity contribution is 7.98. The lowest BCUT2D eigenvalue weighted by molar-refractivity contribution is 1.29. The summed E-state index contributed by atoms with van der Waals surface area (Å²) < 4.78 is 0. The summed E-state index contributed by atoms with van der Waals surface area (Å²) in [5, 5.41) is 9.53. The number of thioether (sulfide) groups is 1. The van der Waals surface area contributed by atoms with Crippen molar-refractivity contribution in [1.82, 2.24) is 0 Å². The van der Waals surface area contributed by atoms with Crippen molar-refractivity contribution in [2.45, 2.75) is 17.6 Å². The smallest absolute Gasteiger partial charge is 0.0991 e. The van der Waals surface area contributed by atoms with Crippen LogP contribution >= 0.6 is 23.4 Å². The number of nitrogen functional groups attached to an aromatic ring is 1. The van der Waals surface area contributed by atoms with Gasteiger partial charge in [0.15, 0.2) is 0 Å². The van der Waals surface area contributed by atoms with Gasteiger partial charge in [0, 0.05) is 21.4 Å². The predicted molar refractivity (Wildman–Crippen MR) is 81.3 cm³/mol. The Bertz CT molecular complexity index is 647. The Morgan fingerprint density at radius 3 is 2.74 bits per heavy atom. The molecule has 0 atom stereocenters. The van der Waals surface area contributed by atoms with E-state index in [2.05, 4.69) is 6.07 Å². The third-order valence-electron chi connectivity index (χ3n) is 2.83. The number of hydrogen-bond acceptors (Lipinski definition) is 3. The molecule has 0 saturated carbocycles. The van der Waals surface area contributed by atoms with Gasteiger partial charge in [-0.25, -0.2) is 0 Å². The summed E-state index contributed by atoms with van der Waals surface area (Å²) in [4.78, 5) is 0.983. The highest BCUT2D eigenvalue weighted by atomic mass is 35.5. The van der Waals surface area contributed by atoms with Gasteiger partial charge in [-0.3, -0.25) is 0 Å². The molecule has 2 rings (SSSR count). The number of aryl methyl sites for hydroxylation is 1. The van der Waals surface area contributed by atoms with Gasteiger partial charge >= 0.3 is 0 Å². The summed E-state index contributed by atoms with van der Waals surface area (Å²) in [6, 6.07) is 13.3. The van der Waals surface area contributed by atoms with Crippen LogP contribution in [-0.2, 0) is 5.75 Å². The van der Waals surface area contributed by atoms with Gasteiger partial charge in [-0.05, 0) is 48.4 Å². The van der Waals surface area contributed by atoms with Crippen LogP contribution in [0, 0.1) is 18.3 Å². The molecule has 19 heavy (non-hydrogen) atoms. The quantitative estimate of drug-likeness (QED) is 0.673. The van der Waals surface area contributed by atoms with Crippen molar-refractivity contribution >= 4 is 29.1 Å². The van der Waals surface area contributed by atoms with Crippen molar-refractivity contribution in [3.8, 4) is 6.07 Å². The van der Waals surface area contributed by atoms with Gasteiger partial charge in [0.25, 0.3) is 0 Å². The van der Waals surface area contributed by atoms with E-state index in [4.69, 9.17) is 22.6 Å². The third kappa shape index (κ3) is 3.44. The second-order valence-electron chi connectivity index (χ2n) is 4.22. The summed E-state index contributed by atoms with van der Waals surface area (Å²) in [5.74, 6) is 0.808. The van der Waals surface area contributed by atoms with Crippen molar-refractivity contribution in [3.63, 3.8) is 0 Å². The van der Waals surface area contributed by atoms with Crippen LogP contribution in [0.1, 0.15) is 16.7 Å². The predicted octanol–water partition coefficient (Wildman–Crippen LogP) is 4.39. The number of hydrogen-bond donors (Lipinski definition) is 1. The van der Waals surface area contributed by atoms with Crippen LogP contribution < -0.4 is 5.73 Å². The summed E-state index contributed by atoms with van der Waals surface area (Å²) in [6.45, 7) is 2.01. The minimum absolute atomic E-state index is 0.688. The van der Waals surface area contributed by atoms with E-state index in [0.717, 1.165) is 21.9 Å². The first-order valence-electron chi connectivity index (χ1n) is 5.77. The van der Waals surface area contributed by atoms with Crippen LogP contribution in [0.5, 0.6) is 0 Å².